The van der Waals surface area contributed by atoms with E-state index >= 15 is 0 Å². The molecule has 0 saturated carbocycles. The molecule has 1 atom stereocenters. The number of aliphatic hydroxyl groups is 1. The van der Waals surface area contributed by atoms with Gasteiger partial charge in [-0.05, 0) is 19.9 Å². The monoisotopic (exact) mass is 286 g/mol. The molecule has 2 rings (SSSR count). The third-order valence-corrected chi connectivity index (χ3v) is 3.01. The molecule has 0 amide bonds. The lowest BCUT2D eigenvalue weighted by Crippen LogP contribution is -2.25. The minimum absolute atomic E-state index is 0.142. The zero-order valence-corrected chi connectivity index (χ0v) is 11.8. The predicted octanol–water partition coefficient (Wildman–Crippen LogP) is 2.27. The summed E-state index contributed by atoms with van der Waals surface area (Å²) in [6, 6.07) is 7.50. The molecular weight excluding hydrogens is 271 g/mol. The number of hydrogen-bond donors (Lipinski definition) is 1. The van der Waals surface area contributed by atoms with Crippen LogP contribution in [0.1, 0.15) is 25.1 Å². The average molecular weight is 286 g/mol. The van der Waals surface area contributed by atoms with E-state index in [4.69, 9.17) is 4.74 Å². The van der Waals surface area contributed by atoms with Gasteiger partial charge in [0, 0.05) is 11.6 Å². The molecule has 0 aliphatic heterocycles. The molecule has 0 aliphatic rings. The van der Waals surface area contributed by atoms with Crippen LogP contribution < -0.4 is 4.74 Å². The van der Waals surface area contributed by atoms with E-state index in [1.165, 1.54) is 31.5 Å². The topological polar surface area (TPSA) is 55.2 Å². The number of benzene rings is 1. The molecule has 1 unspecified atom stereocenters. The zero-order valence-electron chi connectivity index (χ0n) is 11.8. The van der Waals surface area contributed by atoms with Crippen molar-refractivity contribution in [2.45, 2.75) is 19.4 Å². The number of rotatable bonds is 4. The van der Waals surface area contributed by atoms with Crippen LogP contribution >= 0.6 is 0 Å². The number of halogens is 1. The minimum Gasteiger partial charge on any atom is -0.464 e. The summed E-state index contributed by atoms with van der Waals surface area (Å²) >= 11 is 0. The highest BCUT2D eigenvalue weighted by Crippen LogP contribution is 2.30. The summed E-state index contributed by atoms with van der Waals surface area (Å²) in [5, 5.41) is 10.6. The number of ether oxygens (including phenoxy) is 1. The molecular formula is C16H15FN2O2. The molecule has 1 heterocycles. The van der Waals surface area contributed by atoms with Crippen molar-refractivity contribution in [3.63, 3.8) is 0 Å². The van der Waals surface area contributed by atoms with Crippen LogP contribution in [0.4, 0.5) is 4.39 Å². The van der Waals surface area contributed by atoms with Gasteiger partial charge in [-0.25, -0.2) is 14.4 Å². The lowest BCUT2D eigenvalue weighted by Gasteiger charge is -2.23. The van der Waals surface area contributed by atoms with Crippen molar-refractivity contribution >= 4 is 0 Å². The largest absolute Gasteiger partial charge is 0.464 e. The lowest BCUT2D eigenvalue weighted by molar-refractivity contribution is 0.0925. The van der Waals surface area contributed by atoms with Crippen molar-refractivity contribution in [1.29, 1.82) is 0 Å². The van der Waals surface area contributed by atoms with Gasteiger partial charge < -0.3 is 9.84 Å². The summed E-state index contributed by atoms with van der Waals surface area (Å²) in [5.41, 5.74) is -1.19. The molecule has 2 aromatic rings. The molecule has 1 N–H and O–H groups in total. The Morgan fingerprint density at radius 1 is 1.33 bits per heavy atom. The fraction of sp³-hybridized carbons (Fsp3) is 0.250. The molecule has 1 aromatic heterocycles. The lowest BCUT2D eigenvalue weighted by atomic mass is 9.92. The van der Waals surface area contributed by atoms with E-state index in [0.717, 1.165) is 0 Å². The quantitative estimate of drug-likeness (QED) is 0.876. The molecule has 21 heavy (non-hydrogen) atoms. The fourth-order valence-corrected chi connectivity index (χ4v) is 1.86. The summed E-state index contributed by atoms with van der Waals surface area (Å²) in [7, 11) is 0. The Kier molecular flexibility index (Phi) is 4.51. The van der Waals surface area contributed by atoms with Gasteiger partial charge in [-0.1, -0.05) is 24.1 Å². The van der Waals surface area contributed by atoms with E-state index in [2.05, 4.69) is 21.8 Å². The Balaban J connectivity index is 2.33. The van der Waals surface area contributed by atoms with Crippen LogP contribution in [0.5, 0.6) is 5.88 Å². The molecule has 0 aliphatic carbocycles. The highest BCUT2D eigenvalue weighted by Gasteiger charge is 2.30. The minimum atomic E-state index is -1.58. The van der Waals surface area contributed by atoms with Gasteiger partial charge in [0.2, 0.25) is 5.88 Å². The summed E-state index contributed by atoms with van der Waals surface area (Å²) in [4.78, 5) is 7.95. The van der Waals surface area contributed by atoms with Crippen LogP contribution in [0.2, 0.25) is 0 Å². The van der Waals surface area contributed by atoms with Gasteiger partial charge in [0.15, 0.2) is 6.61 Å². The first-order valence-corrected chi connectivity index (χ1v) is 6.38. The highest BCUT2D eigenvalue weighted by atomic mass is 19.1. The van der Waals surface area contributed by atoms with Crippen molar-refractivity contribution in [1.82, 2.24) is 9.97 Å². The Hall–Kier alpha value is -2.45. The van der Waals surface area contributed by atoms with Gasteiger partial charge in [0.05, 0.1) is 5.69 Å². The van der Waals surface area contributed by atoms with Crippen molar-refractivity contribution in [2.75, 3.05) is 6.61 Å². The van der Waals surface area contributed by atoms with Gasteiger partial charge in [-0.2, -0.15) is 0 Å². The molecule has 4 nitrogen and oxygen atoms in total. The second-order valence-electron chi connectivity index (χ2n) is 4.51. The maximum absolute atomic E-state index is 13.9. The van der Waals surface area contributed by atoms with Crippen LogP contribution in [0.15, 0.2) is 36.7 Å². The average Bonchev–Trinajstić information content (AvgIpc) is 2.48. The van der Waals surface area contributed by atoms with Gasteiger partial charge in [0.1, 0.15) is 17.7 Å². The molecule has 5 heteroatoms. The third-order valence-electron chi connectivity index (χ3n) is 3.01. The second kappa shape index (κ2) is 6.33. The van der Waals surface area contributed by atoms with E-state index in [1.54, 1.807) is 19.1 Å². The Labute approximate surface area is 122 Å². The van der Waals surface area contributed by atoms with Crippen molar-refractivity contribution in [3.05, 3.63) is 53.7 Å². The predicted molar refractivity (Wildman–Crippen MR) is 76.0 cm³/mol. The number of aromatic nitrogens is 2. The molecule has 0 bridgehead atoms. The smallest absolute Gasteiger partial charge is 0.217 e. The van der Waals surface area contributed by atoms with E-state index < -0.39 is 11.4 Å². The standard InChI is InChI=1S/C16H15FN2O2/c1-3-4-9-21-15-10-14(18-11-19-15)16(2,20)12-7-5-6-8-13(12)17/h5-8,10-11,20H,9H2,1-2H3. The second-order valence-corrected chi connectivity index (χ2v) is 4.51. The van der Waals surface area contributed by atoms with Crippen molar-refractivity contribution in [2.24, 2.45) is 0 Å². The maximum atomic E-state index is 13.9. The first-order chi connectivity index (χ1) is 10.1. The van der Waals surface area contributed by atoms with Crippen LogP contribution in [0.3, 0.4) is 0 Å². The van der Waals surface area contributed by atoms with Gasteiger partial charge in [-0.3, -0.25) is 0 Å². The van der Waals surface area contributed by atoms with Gasteiger partial charge >= 0.3 is 0 Å². The summed E-state index contributed by atoms with van der Waals surface area (Å²) in [6.45, 7) is 3.37. The number of nitrogens with zero attached hydrogens (tertiary/aromatic N) is 2. The van der Waals surface area contributed by atoms with Gasteiger partial charge in [0.25, 0.3) is 0 Å². The first-order valence-electron chi connectivity index (χ1n) is 6.38. The van der Waals surface area contributed by atoms with Crippen LogP contribution in [-0.4, -0.2) is 21.7 Å². The molecule has 108 valence electrons. The van der Waals surface area contributed by atoms with Crippen molar-refractivity contribution in [3.8, 4) is 17.7 Å². The molecule has 0 fully saturated rings. The summed E-state index contributed by atoms with van der Waals surface area (Å²) in [6.07, 6.45) is 1.26. The Morgan fingerprint density at radius 2 is 2.10 bits per heavy atom. The Bertz CT molecular complexity index is 690. The van der Waals surface area contributed by atoms with Crippen molar-refractivity contribution < 1.29 is 14.2 Å². The molecule has 0 spiro atoms. The van der Waals surface area contributed by atoms with Crippen LogP contribution in [0, 0.1) is 17.7 Å². The molecule has 0 saturated heterocycles. The molecule has 1 aromatic carbocycles. The van der Waals surface area contributed by atoms with Gasteiger partial charge in [-0.15, -0.1) is 5.92 Å². The highest BCUT2D eigenvalue weighted by molar-refractivity contribution is 5.33. The number of hydrogen-bond acceptors (Lipinski definition) is 4. The summed E-state index contributed by atoms with van der Waals surface area (Å²) < 4.78 is 19.2. The summed E-state index contributed by atoms with van der Waals surface area (Å²) in [5.74, 6) is 5.22. The normalized spacial score (nSPS) is 13.0. The fourth-order valence-electron chi connectivity index (χ4n) is 1.86. The van der Waals surface area contributed by atoms with E-state index in [-0.39, 0.29) is 23.7 Å². The van der Waals surface area contributed by atoms with E-state index in [0.29, 0.717) is 0 Å². The molecule has 0 radical (unpaired) electrons. The van der Waals surface area contributed by atoms with Crippen LogP contribution in [0.25, 0.3) is 0 Å². The first kappa shape index (κ1) is 14.9. The SMILES string of the molecule is CC#CCOc1cc(C(C)(O)c2ccccc2F)ncn1. The van der Waals surface area contributed by atoms with Crippen LogP contribution in [-0.2, 0) is 5.60 Å². The van der Waals surface area contributed by atoms with E-state index in [1.807, 2.05) is 0 Å². The third kappa shape index (κ3) is 3.36. The Morgan fingerprint density at radius 3 is 2.81 bits per heavy atom. The zero-order chi connectivity index (χ0) is 15.3. The van der Waals surface area contributed by atoms with E-state index in [9.17, 15) is 9.50 Å². The maximum Gasteiger partial charge on any atom is 0.217 e.